The number of aromatic nitrogens is 2. The first-order valence-corrected chi connectivity index (χ1v) is 5.83. The van der Waals surface area contributed by atoms with Crippen molar-refractivity contribution in [2.75, 3.05) is 0 Å². The van der Waals surface area contributed by atoms with Crippen LogP contribution in [0.15, 0.2) is 12.3 Å². The van der Waals surface area contributed by atoms with Crippen molar-refractivity contribution >= 4 is 0 Å². The van der Waals surface area contributed by atoms with Crippen molar-refractivity contribution in [2.24, 2.45) is 13.0 Å². The van der Waals surface area contributed by atoms with Crippen molar-refractivity contribution in [3.8, 4) is 0 Å². The third-order valence-corrected chi connectivity index (χ3v) is 3.64. The van der Waals surface area contributed by atoms with Gasteiger partial charge in [0.1, 0.15) is 5.60 Å². The zero-order valence-corrected chi connectivity index (χ0v) is 9.61. The molecule has 1 saturated carbocycles. The van der Waals surface area contributed by atoms with E-state index in [0.29, 0.717) is 0 Å². The van der Waals surface area contributed by atoms with Crippen LogP contribution in [0.1, 0.15) is 44.7 Å². The summed E-state index contributed by atoms with van der Waals surface area (Å²) >= 11 is 0. The molecule has 0 radical (unpaired) electrons. The van der Waals surface area contributed by atoms with Gasteiger partial charge in [0, 0.05) is 13.2 Å². The van der Waals surface area contributed by atoms with Crippen LogP contribution in [0.2, 0.25) is 0 Å². The van der Waals surface area contributed by atoms with E-state index in [-0.39, 0.29) is 0 Å². The first-order chi connectivity index (χ1) is 7.12. The highest BCUT2D eigenvalue weighted by atomic mass is 16.3. The normalized spacial score (nSPS) is 32.6. The molecule has 0 amide bonds. The molecule has 0 saturated heterocycles. The summed E-state index contributed by atoms with van der Waals surface area (Å²) < 4.78 is 1.80. The molecule has 1 aromatic heterocycles. The molecule has 1 aromatic rings. The van der Waals surface area contributed by atoms with Crippen LogP contribution in [0.25, 0.3) is 0 Å². The van der Waals surface area contributed by atoms with E-state index in [1.54, 1.807) is 10.9 Å². The molecule has 2 rings (SSSR count). The predicted octanol–water partition coefficient (Wildman–Crippen LogP) is 2.21. The van der Waals surface area contributed by atoms with Gasteiger partial charge in [0.15, 0.2) is 0 Å². The van der Waals surface area contributed by atoms with Crippen LogP contribution >= 0.6 is 0 Å². The summed E-state index contributed by atoms with van der Waals surface area (Å²) in [6, 6.07) is 1.94. The van der Waals surface area contributed by atoms with Crippen molar-refractivity contribution in [3.05, 3.63) is 18.0 Å². The summed E-state index contributed by atoms with van der Waals surface area (Å²) in [6.07, 6.45) is 6.97. The van der Waals surface area contributed by atoms with Crippen molar-refractivity contribution in [2.45, 2.75) is 44.6 Å². The van der Waals surface area contributed by atoms with E-state index >= 15 is 0 Å². The monoisotopic (exact) mass is 208 g/mol. The van der Waals surface area contributed by atoms with E-state index in [4.69, 9.17) is 0 Å². The average molecular weight is 208 g/mol. The number of aryl methyl sites for hydroxylation is 1. The first-order valence-electron chi connectivity index (χ1n) is 5.83. The third-order valence-electron chi connectivity index (χ3n) is 3.64. The maximum Gasteiger partial charge on any atom is 0.106 e. The number of nitrogens with zero attached hydrogens (tertiary/aromatic N) is 2. The fourth-order valence-electron chi connectivity index (χ4n) is 2.58. The molecule has 84 valence electrons. The molecule has 1 heterocycles. The Morgan fingerprint density at radius 3 is 2.93 bits per heavy atom. The van der Waals surface area contributed by atoms with E-state index < -0.39 is 5.60 Å². The third kappa shape index (κ3) is 2.07. The highest BCUT2D eigenvalue weighted by Crippen LogP contribution is 2.37. The molecule has 0 aliphatic heterocycles. The lowest BCUT2D eigenvalue weighted by molar-refractivity contribution is 0.0119. The molecule has 1 fully saturated rings. The van der Waals surface area contributed by atoms with E-state index in [2.05, 4.69) is 12.0 Å². The van der Waals surface area contributed by atoms with Gasteiger partial charge in [-0.05, 0) is 37.7 Å². The molecular formula is C12H20N2O. The summed E-state index contributed by atoms with van der Waals surface area (Å²) in [5.41, 5.74) is 0.326. The fourth-order valence-corrected chi connectivity index (χ4v) is 2.58. The largest absolute Gasteiger partial charge is 0.384 e. The summed E-state index contributed by atoms with van der Waals surface area (Å²) in [6.45, 7) is 2.27. The van der Waals surface area contributed by atoms with Gasteiger partial charge < -0.3 is 5.11 Å². The Morgan fingerprint density at radius 1 is 1.47 bits per heavy atom. The number of hydrogen-bond donors (Lipinski definition) is 1. The average Bonchev–Trinajstić information content (AvgIpc) is 2.55. The molecule has 15 heavy (non-hydrogen) atoms. The van der Waals surface area contributed by atoms with E-state index in [0.717, 1.165) is 37.3 Å². The van der Waals surface area contributed by atoms with Crippen molar-refractivity contribution in [3.63, 3.8) is 0 Å². The van der Waals surface area contributed by atoms with Crippen molar-refractivity contribution in [1.29, 1.82) is 0 Å². The number of hydrogen-bond acceptors (Lipinski definition) is 2. The fraction of sp³-hybridized carbons (Fsp3) is 0.750. The SMILES string of the molecule is CC1CCCC(O)(c2ccnn2C)CC1. The van der Waals surface area contributed by atoms with Crippen LogP contribution in [0.5, 0.6) is 0 Å². The van der Waals surface area contributed by atoms with Gasteiger partial charge in [0.25, 0.3) is 0 Å². The highest BCUT2D eigenvalue weighted by molar-refractivity contribution is 5.12. The molecule has 3 nitrogen and oxygen atoms in total. The molecule has 1 aliphatic carbocycles. The summed E-state index contributed by atoms with van der Waals surface area (Å²) in [5, 5.41) is 14.8. The molecule has 1 N–H and O–H groups in total. The van der Waals surface area contributed by atoms with Crippen LogP contribution in [0.4, 0.5) is 0 Å². The van der Waals surface area contributed by atoms with Crippen molar-refractivity contribution < 1.29 is 5.11 Å². The lowest BCUT2D eigenvalue weighted by atomic mass is 9.90. The minimum Gasteiger partial charge on any atom is -0.384 e. The van der Waals surface area contributed by atoms with Gasteiger partial charge in [-0.1, -0.05) is 13.3 Å². The standard InChI is InChI=1S/C12H20N2O/c1-10-4-3-7-12(15,8-5-10)11-6-9-13-14(11)2/h6,9-10,15H,3-5,7-8H2,1-2H3. The zero-order valence-electron chi connectivity index (χ0n) is 9.61. The number of rotatable bonds is 1. The predicted molar refractivity (Wildman–Crippen MR) is 59.4 cm³/mol. The molecule has 3 heteroatoms. The van der Waals surface area contributed by atoms with Crippen molar-refractivity contribution in [1.82, 2.24) is 9.78 Å². The Balaban J connectivity index is 2.22. The van der Waals surface area contributed by atoms with Gasteiger partial charge in [0.2, 0.25) is 0 Å². The van der Waals surface area contributed by atoms with Gasteiger partial charge >= 0.3 is 0 Å². The zero-order chi connectivity index (χ0) is 10.9. The van der Waals surface area contributed by atoms with Crippen LogP contribution in [0, 0.1) is 5.92 Å². The Morgan fingerprint density at radius 2 is 2.27 bits per heavy atom. The quantitative estimate of drug-likeness (QED) is 0.718. The lowest BCUT2D eigenvalue weighted by Crippen LogP contribution is -2.27. The highest BCUT2D eigenvalue weighted by Gasteiger charge is 2.33. The van der Waals surface area contributed by atoms with Gasteiger partial charge in [-0.2, -0.15) is 5.10 Å². The second kappa shape index (κ2) is 3.97. The van der Waals surface area contributed by atoms with Crippen LogP contribution in [-0.2, 0) is 12.6 Å². The Labute approximate surface area is 91.1 Å². The molecule has 0 bridgehead atoms. The minimum atomic E-state index is -0.643. The first kappa shape index (κ1) is 10.7. The van der Waals surface area contributed by atoms with E-state index in [9.17, 15) is 5.11 Å². The molecule has 2 atom stereocenters. The van der Waals surface area contributed by atoms with Gasteiger partial charge in [-0.15, -0.1) is 0 Å². The van der Waals surface area contributed by atoms with Crippen LogP contribution in [-0.4, -0.2) is 14.9 Å². The smallest absolute Gasteiger partial charge is 0.106 e. The van der Waals surface area contributed by atoms with E-state index in [1.807, 2.05) is 13.1 Å². The summed E-state index contributed by atoms with van der Waals surface area (Å²) in [5.74, 6) is 0.743. The van der Waals surface area contributed by atoms with E-state index in [1.165, 1.54) is 6.42 Å². The van der Waals surface area contributed by atoms with Gasteiger partial charge in [-0.3, -0.25) is 4.68 Å². The number of aliphatic hydroxyl groups is 1. The van der Waals surface area contributed by atoms with Gasteiger partial charge in [0.05, 0.1) is 5.69 Å². The van der Waals surface area contributed by atoms with Crippen LogP contribution in [0.3, 0.4) is 0 Å². The molecule has 0 spiro atoms. The minimum absolute atomic E-state index is 0.643. The molecular weight excluding hydrogens is 188 g/mol. The maximum atomic E-state index is 10.6. The summed E-state index contributed by atoms with van der Waals surface area (Å²) in [4.78, 5) is 0. The molecule has 2 unspecified atom stereocenters. The maximum absolute atomic E-state index is 10.6. The second-order valence-corrected chi connectivity index (χ2v) is 4.91. The molecule has 1 aliphatic rings. The summed E-state index contributed by atoms with van der Waals surface area (Å²) in [7, 11) is 1.90. The lowest BCUT2D eigenvalue weighted by Gasteiger charge is -2.26. The molecule has 0 aromatic carbocycles. The topological polar surface area (TPSA) is 38.1 Å². The Kier molecular flexibility index (Phi) is 2.83. The second-order valence-electron chi connectivity index (χ2n) is 4.91. The Hall–Kier alpha value is -0.830. The van der Waals surface area contributed by atoms with Crippen LogP contribution < -0.4 is 0 Å². The van der Waals surface area contributed by atoms with Gasteiger partial charge in [-0.25, -0.2) is 0 Å². The Bertz CT molecular complexity index is 334.